The Morgan fingerprint density at radius 2 is 2.40 bits per heavy atom. The first kappa shape index (κ1) is 14.0. The Morgan fingerprint density at radius 3 is 3.30 bits per heavy atom. The summed E-state index contributed by atoms with van der Waals surface area (Å²) in [5.41, 5.74) is 1.52. The van der Waals surface area contributed by atoms with E-state index >= 15 is 0 Å². The molecule has 0 unspecified atom stereocenters. The first-order valence-corrected chi connectivity index (χ1v) is 7.41. The first-order valence-electron chi connectivity index (χ1n) is 7.41. The Kier molecular flexibility index (Phi) is 4.07. The topological polar surface area (TPSA) is 62.6 Å². The normalized spacial score (nSPS) is 28.7. The molecular weight excluding hydrogens is 256 g/mol. The van der Waals surface area contributed by atoms with Crippen LogP contribution in [-0.4, -0.2) is 64.8 Å². The number of rotatable bonds is 2. The van der Waals surface area contributed by atoms with Crippen molar-refractivity contribution in [1.82, 2.24) is 20.0 Å². The van der Waals surface area contributed by atoms with Gasteiger partial charge < -0.3 is 15.2 Å². The van der Waals surface area contributed by atoms with Crippen molar-refractivity contribution in [2.75, 3.05) is 39.4 Å². The van der Waals surface area contributed by atoms with Gasteiger partial charge in [0.05, 0.1) is 24.6 Å². The SMILES string of the molecule is Cc1cc2n(n1)CCCN(C[C@]1(O)CNCCOC1)C2. The quantitative estimate of drug-likeness (QED) is 0.782. The zero-order valence-corrected chi connectivity index (χ0v) is 12.1. The summed E-state index contributed by atoms with van der Waals surface area (Å²) in [5.74, 6) is 0. The van der Waals surface area contributed by atoms with Crippen LogP contribution in [0, 0.1) is 6.92 Å². The molecule has 1 saturated heterocycles. The minimum atomic E-state index is -0.791. The fourth-order valence-corrected chi connectivity index (χ4v) is 3.10. The number of β-amino-alcohol motifs (C(OH)–C–C–N with tert-alkyl or cyclic N) is 1. The lowest BCUT2D eigenvalue weighted by molar-refractivity contribution is -0.0501. The maximum absolute atomic E-state index is 10.7. The van der Waals surface area contributed by atoms with Gasteiger partial charge in [-0.15, -0.1) is 0 Å². The Morgan fingerprint density at radius 1 is 1.50 bits per heavy atom. The predicted octanol–water partition coefficient (Wildman–Crippen LogP) is -0.252. The minimum Gasteiger partial charge on any atom is -0.385 e. The number of aryl methyl sites for hydroxylation is 2. The maximum Gasteiger partial charge on any atom is 0.113 e. The number of hydrogen-bond acceptors (Lipinski definition) is 5. The van der Waals surface area contributed by atoms with Crippen molar-refractivity contribution in [3.05, 3.63) is 17.5 Å². The molecule has 1 aromatic heterocycles. The second kappa shape index (κ2) is 5.81. The average molecular weight is 280 g/mol. The summed E-state index contributed by atoms with van der Waals surface area (Å²) in [6, 6.07) is 2.14. The zero-order valence-electron chi connectivity index (χ0n) is 12.1. The third-order valence-electron chi connectivity index (χ3n) is 3.98. The number of fused-ring (bicyclic) bond motifs is 1. The van der Waals surface area contributed by atoms with Crippen LogP contribution in [0.1, 0.15) is 17.8 Å². The van der Waals surface area contributed by atoms with Crippen LogP contribution in [0.3, 0.4) is 0 Å². The summed E-state index contributed by atoms with van der Waals surface area (Å²) in [7, 11) is 0. The van der Waals surface area contributed by atoms with Crippen molar-refractivity contribution in [2.45, 2.75) is 32.0 Å². The van der Waals surface area contributed by atoms with E-state index in [-0.39, 0.29) is 0 Å². The number of nitrogens with one attached hydrogen (secondary N) is 1. The molecule has 3 rings (SSSR count). The highest BCUT2D eigenvalue weighted by Crippen LogP contribution is 2.17. The first-order chi connectivity index (χ1) is 9.65. The van der Waals surface area contributed by atoms with E-state index < -0.39 is 5.60 Å². The van der Waals surface area contributed by atoms with Gasteiger partial charge in [-0.25, -0.2) is 0 Å². The molecule has 0 radical (unpaired) electrons. The molecule has 1 fully saturated rings. The van der Waals surface area contributed by atoms with E-state index in [9.17, 15) is 5.11 Å². The highest BCUT2D eigenvalue weighted by atomic mass is 16.5. The van der Waals surface area contributed by atoms with Crippen LogP contribution in [0.5, 0.6) is 0 Å². The minimum absolute atomic E-state index is 0.411. The van der Waals surface area contributed by atoms with Crippen molar-refractivity contribution in [3.8, 4) is 0 Å². The summed E-state index contributed by atoms with van der Waals surface area (Å²) >= 11 is 0. The fraction of sp³-hybridized carbons (Fsp3) is 0.786. The molecule has 0 spiro atoms. The molecule has 112 valence electrons. The molecule has 0 amide bonds. The van der Waals surface area contributed by atoms with Gasteiger partial charge in [0.25, 0.3) is 0 Å². The Labute approximate surface area is 119 Å². The van der Waals surface area contributed by atoms with E-state index in [1.165, 1.54) is 5.69 Å². The predicted molar refractivity (Wildman–Crippen MR) is 75.5 cm³/mol. The summed E-state index contributed by atoms with van der Waals surface area (Å²) in [4.78, 5) is 2.32. The van der Waals surface area contributed by atoms with E-state index in [1.807, 2.05) is 6.92 Å². The van der Waals surface area contributed by atoms with Gasteiger partial charge in [0.15, 0.2) is 0 Å². The lowest BCUT2D eigenvalue weighted by Crippen LogP contribution is -2.51. The molecule has 20 heavy (non-hydrogen) atoms. The van der Waals surface area contributed by atoms with Crippen LogP contribution in [0.2, 0.25) is 0 Å². The van der Waals surface area contributed by atoms with Crippen LogP contribution >= 0.6 is 0 Å². The molecule has 6 heteroatoms. The Balaban J connectivity index is 1.68. The summed E-state index contributed by atoms with van der Waals surface area (Å²) in [5, 5.41) is 18.5. The van der Waals surface area contributed by atoms with Gasteiger partial charge in [0.1, 0.15) is 5.60 Å². The van der Waals surface area contributed by atoms with Crippen LogP contribution < -0.4 is 5.32 Å². The molecule has 0 aromatic carbocycles. The van der Waals surface area contributed by atoms with Crippen LogP contribution in [0.15, 0.2) is 6.07 Å². The van der Waals surface area contributed by atoms with E-state index in [1.54, 1.807) is 0 Å². The second-order valence-corrected chi connectivity index (χ2v) is 6.02. The number of nitrogens with zero attached hydrogens (tertiary/aromatic N) is 3. The summed E-state index contributed by atoms with van der Waals surface area (Å²) < 4.78 is 7.60. The number of ether oxygens (including phenoxy) is 1. The molecule has 0 bridgehead atoms. The fourth-order valence-electron chi connectivity index (χ4n) is 3.10. The maximum atomic E-state index is 10.7. The second-order valence-electron chi connectivity index (χ2n) is 6.02. The average Bonchev–Trinajstić information content (AvgIpc) is 2.56. The molecule has 6 nitrogen and oxygen atoms in total. The largest absolute Gasteiger partial charge is 0.385 e. The Hall–Kier alpha value is -0.950. The molecule has 2 aliphatic rings. The van der Waals surface area contributed by atoms with Gasteiger partial charge in [-0.1, -0.05) is 0 Å². The summed E-state index contributed by atoms with van der Waals surface area (Å²) in [6.45, 7) is 7.98. The van der Waals surface area contributed by atoms with Crippen molar-refractivity contribution in [2.24, 2.45) is 0 Å². The van der Waals surface area contributed by atoms with E-state index in [4.69, 9.17) is 4.74 Å². The highest BCUT2D eigenvalue weighted by Gasteiger charge is 2.32. The number of aliphatic hydroxyl groups is 1. The van der Waals surface area contributed by atoms with Crippen LogP contribution in [-0.2, 0) is 17.8 Å². The molecule has 0 saturated carbocycles. The monoisotopic (exact) mass is 280 g/mol. The molecule has 3 heterocycles. The lowest BCUT2D eigenvalue weighted by Gasteiger charge is -2.32. The highest BCUT2D eigenvalue weighted by molar-refractivity contribution is 5.10. The number of hydrogen-bond donors (Lipinski definition) is 2. The molecule has 1 aromatic rings. The van der Waals surface area contributed by atoms with Gasteiger partial charge >= 0.3 is 0 Å². The zero-order chi connectivity index (χ0) is 14.0. The molecule has 2 N–H and O–H groups in total. The van der Waals surface area contributed by atoms with Crippen molar-refractivity contribution in [1.29, 1.82) is 0 Å². The smallest absolute Gasteiger partial charge is 0.113 e. The third kappa shape index (κ3) is 3.20. The van der Waals surface area contributed by atoms with Crippen molar-refractivity contribution in [3.63, 3.8) is 0 Å². The van der Waals surface area contributed by atoms with Gasteiger partial charge in [-0.05, 0) is 19.4 Å². The van der Waals surface area contributed by atoms with E-state index in [2.05, 4.69) is 26.1 Å². The Bertz CT molecular complexity index is 452. The van der Waals surface area contributed by atoms with Crippen LogP contribution in [0.4, 0.5) is 0 Å². The van der Waals surface area contributed by atoms with Gasteiger partial charge in [-0.3, -0.25) is 9.58 Å². The summed E-state index contributed by atoms with van der Waals surface area (Å²) in [6.07, 6.45) is 1.07. The van der Waals surface area contributed by atoms with E-state index in [0.29, 0.717) is 26.3 Å². The van der Waals surface area contributed by atoms with Crippen molar-refractivity contribution >= 4 is 0 Å². The van der Waals surface area contributed by atoms with Gasteiger partial charge in [0, 0.05) is 39.3 Å². The molecule has 1 atom stereocenters. The molecular formula is C14H24N4O2. The number of aromatic nitrogens is 2. The van der Waals surface area contributed by atoms with Gasteiger partial charge in [0.2, 0.25) is 0 Å². The molecule has 2 aliphatic heterocycles. The standard InChI is InChI=1S/C14H24N4O2/c1-12-7-13-8-17(4-2-5-18(13)16-12)10-14(19)9-15-3-6-20-11-14/h7,15,19H,2-6,8-11H2,1H3/t14-/m1/s1. The van der Waals surface area contributed by atoms with Crippen molar-refractivity contribution < 1.29 is 9.84 Å². The van der Waals surface area contributed by atoms with Gasteiger partial charge in [-0.2, -0.15) is 5.10 Å². The lowest BCUT2D eigenvalue weighted by atomic mass is 10.0. The third-order valence-corrected chi connectivity index (χ3v) is 3.98. The molecule has 0 aliphatic carbocycles. The van der Waals surface area contributed by atoms with E-state index in [0.717, 1.165) is 38.3 Å². The van der Waals surface area contributed by atoms with Crippen LogP contribution in [0.25, 0.3) is 0 Å².